The van der Waals surface area contributed by atoms with Crippen LogP contribution >= 0.6 is 0 Å². The van der Waals surface area contributed by atoms with E-state index in [2.05, 4.69) is 25.7 Å². The average Bonchev–Trinajstić information content (AvgIpc) is 2.73. The van der Waals surface area contributed by atoms with Gasteiger partial charge >= 0.3 is 0 Å². The lowest BCUT2D eigenvalue weighted by atomic mass is 10.1. The molecule has 0 aliphatic heterocycles. The van der Waals surface area contributed by atoms with Crippen LogP contribution in [0.3, 0.4) is 0 Å². The molecule has 0 bridgehead atoms. The van der Waals surface area contributed by atoms with E-state index in [0.717, 1.165) is 17.7 Å². The minimum Gasteiger partial charge on any atom is -0.497 e. The van der Waals surface area contributed by atoms with Crippen LogP contribution in [0.2, 0.25) is 0 Å². The van der Waals surface area contributed by atoms with Crippen molar-refractivity contribution in [2.75, 3.05) is 19.1 Å². The van der Waals surface area contributed by atoms with Crippen LogP contribution in [-0.2, 0) is 0 Å². The summed E-state index contributed by atoms with van der Waals surface area (Å²) in [6.07, 6.45) is 2.52. The lowest BCUT2D eigenvalue weighted by molar-refractivity contribution is 0.317. The predicted molar refractivity (Wildman–Crippen MR) is 108 cm³/mol. The molecule has 0 radical (unpaired) electrons. The van der Waals surface area contributed by atoms with E-state index < -0.39 is 0 Å². The summed E-state index contributed by atoms with van der Waals surface area (Å²) < 4.78 is 10.8. The van der Waals surface area contributed by atoms with Gasteiger partial charge < -0.3 is 9.47 Å². The minimum atomic E-state index is -0.371. The van der Waals surface area contributed by atoms with E-state index in [1.807, 2.05) is 31.2 Å². The van der Waals surface area contributed by atoms with Crippen LogP contribution in [0.15, 0.2) is 58.4 Å². The van der Waals surface area contributed by atoms with Gasteiger partial charge in [-0.25, -0.2) is 5.43 Å². The first-order valence-corrected chi connectivity index (χ1v) is 8.83. The summed E-state index contributed by atoms with van der Waals surface area (Å²) >= 11 is 0. The molecule has 0 unspecified atom stereocenters. The molecule has 0 fully saturated rings. The van der Waals surface area contributed by atoms with Crippen LogP contribution in [0.1, 0.15) is 18.9 Å². The predicted octanol–water partition coefficient (Wildman–Crippen LogP) is 3.08. The van der Waals surface area contributed by atoms with Gasteiger partial charge in [-0.1, -0.05) is 19.1 Å². The summed E-state index contributed by atoms with van der Waals surface area (Å²) in [5.41, 5.74) is 3.98. The van der Waals surface area contributed by atoms with Gasteiger partial charge in [0.25, 0.3) is 5.56 Å². The summed E-state index contributed by atoms with van der Waals surface area (Å²) in [4.78, 5) is 14.9. The van der Waals surface area contributed by atoms with Crippen molar-refractivity contribution in [1.29, 1.82) is 0 Å². The SMILES string of the molecule is CCCOc1ccccc1/C=N/Nc1nnc(-c2ccc(OC)cc2)c(=O)[nH]1. The lowest BCUT2D eigenvalue weighted by Gasteiger charge is -2.07. The number of nitrogens with zero attached hydrogens (tertiary/aromatic N) is 3. The van der Waals surface area contributed by atoms with E-state index in [9.17, 15) is 4.79 Å². The number of hydrogen-bond donors (Lipinski definition) is 2. The first-order valence-electron chi connectivity index (χ1n) is 8.83. The molecule has 1 heterocycles. The zero-order chi connectivity index (χ0) is 19.8. The Morgan fingerprint density at radius 3 is 2.64 bits per heavy atom. The first-order chi connectivity index (χ1) is 13.7. The normalized spacial score (nSPS) is 10.8. The standard InChI is InChI=1S/C20H21N5O3/c1-3-12-28-17-7-5-4-6-15(17)13-21-24-20-22-19(26)18(23-25-20)14-8-10-16(27-2)11-9-14/h4-11,13H,3,12H2,1-2H3,(H2,22,24,25,26)/b21-13+. The maximum Gasteiger partial charge on any atom is 0.279 e. The van der Waals surface area contributed by atoms with E-state index in [1.165, 1.54) is 0 Å². The maximum atomic E-state index is 12.3. The van der Waals surface area contributed by atoms with Crippen molar-refractivity contribution < 1.29 is 9.47 Å². The Morgan fingerprint density at radius 2 is 1.93 bits per heavy atom. The second-order valence-corrected chi connectivity index (χ2v) is 5.84. The molecule has 0 amide bonds. The summed E-state index contributed by atoms with van der Waals surface area (Å²) in [5.74, 6) is 1.58. The molecule has 144 valence electrons. The quantitative estimate of drug-likeness (QED) is 0.461. The molecular weight excluding hydrogens is 358 g/mol. The highest BCUT2D eigenvalue weighted by Crippen LogP contribution is 2.18. The number of benzene rings is 2. The molecule has 28 heavy (non-hydrogen) atoms. The second kappa shape index (κ2) is 9.31. The molecule has 0 saturated heterocycles. The van der Waals surface area contributed by atoms with Crippen LogP contribution in [0, 0.1) is 0 Å². The van der Waals surface area contributed by atoms with Crippen LogP contribution < -0.4 is 20.5 Å². The number of hydrogen-bond acceptors (Lipinski definition) is 7. The van der Waals surface area contributed by atoms with Gasteiger partial charge in [0.2, 0.25) is 5.95 Å². The van der Waals surface area contributed by atoms with Crippen molar-refractivity contribution >= 4 is 12.2 Å². The maximum absolute atomic E-state index is 12.3. The number of aromatic amines is 1. The summed E-state index contributed by atoms with van der Waals surface area (Å²) in [6, 6.07) is 14.6. The van der Waals surface area contributed by atoms with E-state index in [1.54, 1.807) is 37.6 Å². The van der Waals surface area contributed by atoms with E-state index in [4.69, 9.17) is 9.47 Å². The van der Waals surface area contributed by atoms with Crippen molar-refractivity contribution in [1.82, 2.24) is 15.2 Å². The fourth-order valence-electron chi connectivity index (χ4n) is 2.42. The number of aromatic nitrogens is 3. The Kier molecular flexibility index (Phi) is 6.35. The van der Waals surface area contributed by atoms with Crippen LogP contribution in [-0.4, -0.2) is 35.1 Å². The second-order valence-electron chi connectivity index (χ2n) is 5.84. The van der Waals surface area contributed by atoms with E-state index >= 15 is 0 Å². The highest BCUT2D eigenvalue weighted by molar-refractivity contribution is 5.83. The Hall–Kier alpha value is -3.68. The number of anilines is 1. The van der Waals surface area contributed by atoms with Crippen molar-refractivity contribution in [3.05, 3.63) is 64.4 Å². The fraction of sp³-hybridized carbons (Fsp3) is 0.200. The van der Waals surface area contributed by atoms with Gasteiger partial charge in [-0.3, -0.25) is 9.78 Å². The number of rotatable bonds is 8. The number of nitrogens with one attached hydrogen (secondary N) is 2. The van der Waals surface area contributed by atoms with Gasteiger partial charge in [0.1, 0.15) is 11.5 Å². The number of methoxy groups -OCH3 is 1. The average molecular weight is 379 g/mol. The fourth-order valence-corrected chi connectivity index (χ4v) is 2.42. The smallest absolute Gasteiger partial charge is 0.279 e. The number of para-hydroxylation sites is 1. The van der Waals surface area contributed by atoms with Gasteiger partial charge in [-0.15, -0.1) is 10.2 Å². The third kappa shape index (κ3) is 4.73. The molecule has 2 aromatic carbocycles. The topological polar surface area (TPSA) is 101 Å². The zero-order valence-electron chi connectivity index (χ0n) is 15.7. The molecule has 3 aromatic rings. The van der Waals surface area contributed by atoms with Crippen molar-refractivity contribution in [2.45, 2.75) is 13.3 Å². The van der Waals surface area contributed by atoms with Crippen LogP contribution in [0.4, 0.5) is 5.95 Å². The first kappa shape index (κ1) is 19.1. The Balaban J connectivity index is 1.71. The van der Waals surface area contributed by atoms with Crippen molar-refractivity contribution in [2.24, 2.45) is 5.10 Å². The molecule has 8 nitrogen and oxygen atoms in total. The number of hydrazone groups is 1. The highest BCUT2D eigenvalue weighted by atomic mass is 16.5. The number of H-pyrrole nitrogens is 1. The summed E-state index contributed by atoms with van der Waals surface area (Å²) in [6.45, 7) is 2.67. The van der Waals surface area contributed by atoms with Crippen molar-refractivity contribution in [3.8, 4) is 22.8 Å². The summed E-state index contributed by atoms with van der Waals surface area (Å²) in [5, 5.41) is 12.1. The zero-order valence-corrected chi connectivity index (χ0v) is 15.7. The summed E-state index contributed by atoms with van der Waals surface area (Å²) in [7, 11) is 1.58. The molecule has 1 aromatic heterocycles. The van der Waals surface area contributed by atoms with Gasteiger partial charge in [-0.05, 0) is 42.8 Å². The molecule has 8 heteroatoms. The third-order valence-electron chi connectivity index (χ3n) is 3.82. The largest absolute Gasteiger partial charge is 0.497 e. The van der Waals surface area contributed by atoms with E-state index in [-0.39, 0.29) is 17.2 Å². The monoisotopic (exact) mass is 379 g/mol. The molecule has 0 atom stereocenters. The van der Waals surface area contributed by atoms with Crippen LogP contribution in [0.5, 0.6) is 11.5 Å². The molecule has 0 spiro atoms. The highest BCUT2D eigenvalue weighted by Gasteiger charge is 2.07. The molecular formula is C20H21N5O3. The van der Waals surface area contributed by atoms with Crippen LogP contribution in [0.25, 0.3) is 11.3 Å². The van der Waals surface area contributed by atoms with Gasteiger partial charge in [-0.2, -0.15) is 5.10 Å². The Labute approximate surface area is 162 Å². The van der Waals surface area contributed by atoms with Gasteiger partial charge in [0, 0.05) is 11.1 Å². The van der Waals surface area contributed by atoms with Gasteiger partial charge in [0.05, 0.1) is 19.9 Å². The molecule has 2 N–H and O–H groups in total. The number of ether oxygens (including phenoxy) is 2. The third-order valence-corrected chi connectivity index (χ3v) is 3.82. The van der Waals surface area contributed by atoms with E-state index in [0.29, 0.717) is 17.9 Å². The Morgan fingerprint density at radius 1 is 1.14 bits per heavy atom. The molecule has 0 aliphatic carbocycles. The van der Waals surface area contributed by atoms with Crippen molar-refractivity contribution in [3.63, 3.8) is 0 Å². The lowest BCUT2D eigenvalue weighted by Crippen LogP contribution is -2.15. The molecule has 3 rings (SSSR count). The molecule has 0 saturated carbocycles. The van der Waals surface area contributed by atoms with Gasteiger partial charge in [0.15, 0.2) is 5.69 Å². The molecule has 0 aliphatic rings. The Bertz CT molecular complexity index is 999. The minimum absolute atomic E-state index is 0.144.